The zero-order chi connectivity index (χ0) is 15.4. The SMILES string of the molecule is C#C.CCCCCCCC(=O)NCCNCC.CO.[W]. The van der Waals surface area contributed by atoms with E-state index in [1.54, 1.807) is 0 Å². The summed E-state index contributed by atoms with van der Waals surface area (Å²) in [6.45, 7) is 6.86. The first-order chi connectivity index (χ1) is 9.31. The molecular formula is C15H32N2O2W. The molecule has 0 spiro atoms. The van der Waals surface area contributed by atoms with Crippen LogP contribution in [-0.4, -0.2) is 37.8 Å². The van der Waals surface area contributed by atoms with Crippen LogP contribution in [-0.2, 0) is 25.9 Å². The number of unbranched alkanes of at least 4 members (excludes halogenated alkanes) is 4. The minimum Gasteiger partial charge on any atom is -0.400 e. The predicted molar refractivity (Wildman–Crippen MR) is 83.0 cm³/mol. The Kier molecular flexibility index (Phi) is 43.5. The molecule has 0 bridgehead atoms. The maximum atomic E-state index is 11.3. The van der Waals surface area contributed by atoms with E-state index in [-0.39, 0.29) is 27.0 Å². The van der Waals surface area contributed by atoms with Gasteiger partial charge in [0.15, 0.2) is 0 Å². The molecule has 0 aromatic carbocycles. The van der Waals surface area contributed by atoms with Crippen LogP contribution in [0.2, 0.25) is 0 Å². The number of aliphatic hydroxyl groups excluding tert-OH is 1. The van der Waals surface area contributed by atoms with Gasteiger partial charge in [-0.25, -0.2) is 0 Å². The number of nitrogens with one attached hydrogen (secondary N) is 2. The molecule has 0 saturated heterocycles. The standard InChI is InChI=1S/C12H26N2O.C2H2.CH4O.W/c1-3-5-6-7-8-9-12(15)14-11-10-13-4-2;2*1-2;/h13H,3-11H2,1-2H3,(H,14,15);1-2H;2H,1H3;. The summed E-state index contributed by atoms with van der Waals surface area (Å²) >= 11 is 0. The van der Waals surface area contributed by atoms with Crippen molar-refractivity contribution in [3.8, 4) is 12.8 Å². The number of rotatable bonds is 10. The molecule has 1 amide bonds. The summed E-state index contributed by atoms with van der Waals surface area (Å²) < 4.78 is 0. The van der Waals surface area contributed by atoms with Crippen molar-refractivity contribution in [2.45, 2.75) is 52.4 Å². The fourth-order valence-electron chi connectivity index (χ4n) is 1.44. The van der Waals surface area contributed by atoms with Gasteiger partial charge in [0.1, 0.15) is 0 Å². The van der Waals surface area contributed by atoms with Crippen LogP contribution in [0.3, 0.4) is 0 Å². The molecule has 0 unspecified atom stereocenters. The Morgan fingerprint density at radius 1 is 1.00 bits per heavy atom. The van der Waals surface area contributed by atoms with Crippen LogP contribution in [0.4, 0.5) is 0 Å². The third kappa shape index (κ3) is 30.6. The van der Waals surface area contributed by atoms with Crippen molar-refractivity contribution in [1.82, 2.24) is 10.6 Å². The van der Waals surface area contributed by atoms with E-state index in [2.05, 4.69) is 37.3 Å². The molecule has 4 nitrogen and oxygen atoms in total. The van der Waals surface area contributed by atoms with Crippen molar-refractivity contribution in [2.24, 2.45) is 0 Å². The Morgan fingerprint density at radius 2 is 1.55 bits per heavy atom. The molecule has 0 atom stereocenters. The third-order valence-electron chi connectivity index (χ3n) is 2.38. The van der Waals surface area contributed by atoms with Gasteiger partial charge >= 0.3 is 0 Å². The number of amides is 1. The molecule has 0 saturated carbocycles. The molecule has 20 heavy (non-hydrogen) atoms. The number of hydrogen-bond acceptors (Lipinski definition) is 3. The van der Waals surface area contributed by atoms with Crippen LogP contribution in [0.25, 0.3) is 0 Å². The van der Waals surface area contributed by atoms with Gasteiger partial charge in [-0.2, -0.15) is 0 Å². The van der Waals surface area contributed by atoms with Gasteiger partial charge < -0.3 is 15.7 Å². The smallest absolute Gasteiger partial charge is 0.220 e. The second-order valence-corrected chi connectivity index (χ2v) is 3.87. The van der Waals surface area contributed by atoms with Gasteiger partial charge in [-0.15, -0.1) is 12.8 Å². The molecule has 3 N–H and O–H groups in total. The third-order valence-corrected chi connectivity index (χ3v) is 2.38. The van der Waals surface area contributed by atoms with Crippen molar-refractivity contribution in [3.05, 3.63) is 0 Å². The summed E-state index contributed by atoms with van der Waals surface area (Å²) in [5, 5.41) is 13.1. The summed E-state index contributed by atoms with van der Waals surface area (Å²) in [7, 11) is 1.00. The zero-order valence-electron chi connectivity index (χ0n) is 13.3. The van der Waals surface area contributed by atoms with E-state index in [0.29, 0.717) is 6.42 Å². The predicted octanol–water partition coefficient (Wildman–Crippen LogP) is 1.93. The Hall–Kier alpha value is -0.362. The van der Waals surface area contributed by atoms with E-state index in [1.165, 1.54) is 25.7 Å². The van der Waals surface area contributed by atoms with Crippen LogP contribution < -0.4 is 10.6 Å². The number of hydrogen-bond donors (Lipinski definition) is 3. The molecular weight excluding hydrogens is 424 g/mol. The first-order valence-corrected chi connectivity index (χ1v) is 7.06. The molecule has 0 fully saturated rings. The molecule has 0 aliphatic rings. The van der Waals surface area contributed by atoms with Crippen LogP contribution in [0.5, 0.6) is 0 Å². The largest absolute Gasteiger partial charge is 0.400 e. The molecule has 120 valence electrons. The molecule has 0 aliphatic heterocycles. The maximum absolute atomic E-state index is 11.3. The van der Waals surface area contributed by atoms with Crippen molar-refractivity contribution < 1.29 is 31.0 Å². The molecule has 0 aromatic rings. The van der Waals surface area contributed by atoms with E-state index >= 15 is 0 Å². The van der Waals surface area contributed by atoms with Gasteiger partial charge in [0.05, 0.1) is 0 Å². The summed E-state index contributed by atoms with van der Waals surface area (Å²) in [6, 6.07) is 0. The summed E-state index contributed by atoms with van der Waals surface area (Å²) in [6.07, 6.45) is 14.7. The number of terminal acetylenes is 1. The average Bonchev–Trinajstić information content (AvgIpc) is 2.48. The monoisotopic (exact) mass is 456 g/mol. The van der Waals surface area contributed by atoms with E-state index in [1.807, 2.05) is 0 Å². The van der Waals surface area contributed by atoms with Gasteiger partial charge in [-0.05, 0) is 13.0 Å². The van der Waals surface area contributed by atoms with Gasteiger partial charge in [-0.1, -0.05) is 39.5 Å². The molecule has 0 aliphatic carbocycles. The van der Waals surface area contributed by atoms with Gasteiger partial charge in [-0.3, -0.25) is 4.79 Å². The minimum absolute atomic E-state index is 0. The summed E-state index contributed by atoms with van der Waals surface area (Å²) in [5.74, 6) is 0.199. The van der Waals surface area contributed by atoms with Crippen LogP contribution >= 0.6 is 0 Å². The van der Waals surface area contributed by atoms with E-state index in [9.17, 15) is 4.79 Å². The number of likely N-dealkylation sites (N-methyl/N-ethyl adjacent to an activating group) is 1. The second-order valence-electron chi connectivity index (χ2n) is 3.87. The molecule has 0 radical (unpaired) electrons. The van der Waals surface area contributed by atoms with E-state index < -0.39 is 0 Å². The Bertz CT molecular complexity index is 188. The quantitative estimate of drug-likeness (QED) is 0.348. The van der Waals surface area contributed by atoms with E-state index in [4.69, 9.17) is 5.11 Å². The number of carbonyl (C=O) groups is 1. The molecule has 0 heterocycles. The van der Waals surface area contributed by atoms with Crippen LogP contribution in [0.15, 0.2) is 0 Å². The average molecular weight is 456 g/mol. The molecule has 0 rings (SSSR count). The van der Waals surface area contributed by atoms with Crippen molar-refractivity contribution in [1.29, 1.82) is 0 Å². The van der Waals surface area contributed by atoms with Gasteiger partial charge in [0, 0.05) is 47.7 Å². The Morgan fingerprint density at radius 3 is 2.05 bits per heavy atom. The van der Waals surface area contributed by atoms with Crippen LogP contribution in [0.1, 0.15) is 52.4 Å². The Balaban J connectivity index is -0.000000233. The Labute approximate surface area is 139 Å². The summed E-state index contributed by atoms with van der Waals surface area (Å²) in [4.78, 5) is 11.3. The maximum Gasteiger partial charge on any atom is 0.220 e. The van der Waals surface area contributed by atoms with Crippen molar-refractivity contribution >= 4 is 5.91 Å². The molecule has 0 aromatic heterocycles. The minimum atomic E-state index is 0. The number of carbonyl (C=O) groups excluding carboxylic acids is 1. The fraction of sp³-hybridized carbons (Fsp3) is 0.800. The molecule has 5 heteroatoms. The normalized spacial score (nSPS) is 8.10. The van der Waals surface area contributed by atoms with Crippen molar-refractivity contribution in [3.63, 3.8) is 0 Å². The van der Waals surface area contributed by atoms with Crippen LogP contribution in [0, 0.1) is 12.8 Å². The van der Waals surface area contributed by atoms with Gasteiger partial charge in [0.2, 0.25) is 5.91 Å². The first-order valence-electron chi connectivity index (χ1n) is 7.06. The topological polar surface area (TPSA) is 61.4 Å². The summed E-state index contributed by atoms with van der Waals surface area (Å²) in [5.41, 5.74) is 0. The van der Waals surface area contributed by atoms with E-state index in [0.717, 1.165) is 33.2 Å². The fourth-order valence-corrected chi connectivity index (χ4v) is 1.44. The first kappa shape index (κ1) is 27.9. The zero-order valence-corrected chi connectivity index (χ0v) is 16.2. The number of aliphatic hydroxyl groups is 1. The van der Waals surface area contributed by atoms with Gasteiger partial charge in [0.25, 0.3) is 0 Å². The van der Waals surface area contributed by atoms with Crippen molar-refractivity contribution in [2.75, 3.05) is 26.7 Å². The second kappa shape index (κ2) is 31.2.